The van der Waals surface area contributed by atoms with Gasteiger partial charge in [0.15, 0.2) is 5.65 Å². The van der Waals surface area contributed by atoms with Crippen molar-refractivity contribution in [2.45, 2.75) is 12.6 Å². The van der Waals surface area contributed by atoms with E-state index in [0.717, 1.165) is 43.2 Å². The van der Waals surface area contributed by atoms with Gasteiger partial charge in [-0.25, -0.2) is 9.97 Å². The van der Waals surface area contributed by atoms with Crippen molar-refractivity contribution in [3.63, 3.8) is 0 Å². The fourth-order valence-electron chi connectivity index (χ4n) is 3.09. The SMILES string of the molecule is CN1CCN(Cc2c[nH]c3nccnc23)CC1c1ncc[nH]1. The Bertz CT molecular complexity index is 748. The summed E-state index contributed by atoms with van der Waals surface area (Å²) >= 11 is 0. The molecule has 22 heavy (non-hydrogen) atoms. The van der Waals surface area contributed by atoms with Crippen LogP contribution < -0.4 is 0 Å². The molecule has 114 valence electrons. The minimum absolute atomic E-state index is 0.306. The molecule has 0 aromatic carbocycles. The second-order valence-electron chi connectivity index (χ2n) is 5.77. The van der Waals surface area contributed by atoms with Gasteiger partial charge in [0.1, 0.15) is 11.3 Å². The van der Waals surface area contributed by atoms with Gasteiger partial charge >= 0.3 is 0 Å². The Labute approximate surface area is 128 Å². The van der Waals surface area contributed by atoms with Gasteiger partial charge in [0, 0.05) is 62.7 Å². The van der Waals surface area contributed by atoms with Gasteiger partial charge in [0.05, 0.1) is 6.04 Å². The Morgan fingerprint density at radius 1 is 1.14 bits per heavy atom. The van der Waals surface area contributed by atoms with Gasteiger partial charge in [0.2, 0.25) is 0 Å². The molecule has 0 saturated carbocycles. The van der Waals surface area contributed by atoms with Crippen molar-refractivity contribution in [1.82, 2.24) is 34.7 Å². The molecule has 1 aliphatic rings. The van der Waals surface area contributed by atoms with Gasteiger partial charge < -0.3 is 9.97 Å². The molecule has 4 heterocycles. The van der Waals surface area contributed by atoms with E-state index in [1.807, 2.05) is 18.6 Å². The highest BCUT2D eigenvalue weighted by Crippen LogP contribution is 2.23. The third-order valence-corrected chi connectivity index (χ3v) is 4.35. The molecule has 2 N–H and O–H groups in total. The Hall–Kier alpha value is -2.25. The molecule has 1 atom stereocenters. The maximum Gasteiger partial charge on any atom is 0.156 e. The largest absolute Gasteiger partial charge is 0.347 e. The number of likely N-dealkylation sites (N-methyl/N-ethyl adjacent to an activating group) is 1. The molecule has 4 rings (SSSR count). The second-order valence-corrected chi connectivity index (χ2v) is 5.77. The van der Waals surface area contributed by atoms with E-state index >= 15 is 0 Å². The third kappa shape index (κ3) is 2.38. The summed E-state index contributed by atoms with van der Waals surface area (Å²) in [5.41, 5.74) is 3.02. The number of nitrogens with one attached hydrogen (secondary N) is 2. The molecule has 0 radical (unpaired) electrons. The van der Waals surface area contributed by atoms with Gasteiger partial charge in [-0.1, -0.05) is 0 Å². The number of piperazine rings is 1. The summed E-state index contributed by atoms with van der Waals surface area (Å²) in [6, 6.07) is 0.306. The molecule has 1 fully saturated rings. The number of rotatable bonds is 3. The summed E-state index contributed by atoms with van der Waals surface area (Å²) in [7, 11) is 2.15. The molecule has 0 bridgehead atoms. The van der Waals surface area contributed by atoms with Gasteiger partial charge in [0.25, 0.3) is 0 Å². The third-order valence-electron chi connectivity index (χ3n) is 4.35. The molecular weight excluding hydrogens is 278 g/mol. The predicted octanol–water partition coefficient (Wildman–Crippen LogP) is 1.17. The predicted molar refractivity (Wildman–Crippen MR) is 83.1 cm³/mol. The van der Waals surface area contributed by atoms with Gasteiger partial charge in [-0.05, 0) is 7.05 Å². The number of hydrogen-bond donors (Lipinski definition) is 2. The lowest BCUT2D eigenvalue weighted by atomic mass is 10.1. The standard InChI is InChI=1S/C15H19N7/c1-21-6-7-22(10-12(21)14-17-4-5-18-14)9-11-8-20-15-13(11)16-2-3-19-15/h2-5,8,12H,6-7,9-10H2,1H3,(H,17,18)(H,19,20). The highest BCUT2D eigenvalue weighted by atomic mass is 15.3. The lowest BCUT2D eigenvalue weighted by molar-refractivity contribution is 0.0865. The highest BCUT2D eigenvalue weighted by Gasteiger charge is 2.27. The number of H-pyrrole nitrogens is 2. The molecule has 7 heteroatoms. The lowest BCUT2D eigenvalue weighted by Crippen LogP contribution is -2.46. The number of nitrogens with zero attached hydrogens (tertiary/aromatic N) is 5. The van der Waals surface area contributed by atoms with Crippen LogP contribution in [0.15, 0.2) is 31.0 Å². The van der Waals surface area contributed by atoms with Crippen LogP contribution in [0.3, 0.4) is 0 Å². The molecule has 0 spiro atoms. The maximum absolute atomic E-state index is 4.44. The molecule has 1 aliphatic heterocycles. The van der Waals surface area contributed by atoms with E-state index in [2.05, 4.69) is 41.8 Å². The van der Waals surface area contributed by atoms with Crippen molar-refractivity contribution in [2.75, 3.05) is 26.7 Å². The molecule has 7 nitrogen and oxygen atoms in total. The van der Waals surface area contributed by atoms with Crippen molar-refractivity contribution in [1.29, 1.82) is 0 Å². The van der Waals surface area contributed by atoms with E-state index in [9.17, 15) is 0 Å². The normalized spacial score (nSPS) is 20.7. The van der Waals surface area contributed by atoms with Crippen LogP contribution in [-0.2, 0) is 6.54 Å². The number of fused-ring (bicyclic) bond motifs is 1. The Morgan fingerprint density at radius 3 is 2.91 bits per heavy atom. The highest BCUT2D eigenvalue weighted by molar-refractivity contribution is 5.74. The number of aromatic nitrogens is 5. The Balaban J connectivity index is 1.53. The first-order valence-electron chi connectivity index (χ1n) is 7.50. The Morgan fingerprint density at radius 2 is 2.05 bits per heavy atom. The van der Waals surface area contributed by atoms with Crippen LogP contribution >= 0.6 is 0 Å². The molecule has 0 amide bonds. The first-order valence-corrected chi connectivity index (χ1v) is 7.50. The smallest absolute Gasteiger partial charge is 0.156 e. The monoisotopic (exact) mass is 297 g/mol. The molecule has 1 unspecified atom stereocenters. The van der Waals surface area contributed by atoms with Crippen molar-refractivity contribution in [3.8, 4) is 0 Å². The van der Waals surface area contributed by atoms with Crippen molar-refractivity contribution < 1.29 is 0 Å². The summed E-state index contributed by atoms with van der Waals surface area (Å²) in [5.74, 6) is 1.03. The van der Waals surface area contributed by atoms with E-state index < -0.39 is 0 Å². The first-order chi connectivity index (χ1) is 10.8. The van der Waals surface area contributed by atoms with Crippen LogP contribution in [-0.4, -0.2) is 61.4 Å². The second kappa shape index (κ2) is 5.51. The zero-order valence-corrected chi connectivity index (χ0v) is 12.5. The summed E-state index contributed by atoms with van der Waals surface area (Å²) in [6.07, 6.45) is 9.18. The lowest BCUT2D eigenvalue weighted by Gasteiger charge is -2.38. The fraction of sp³-hybridized carbons (Fsp3) is 0.400. The van der Waals surface area contributed by atoms with E-state index in [4.69, 9.17) is 0 Å². The van der Waals surface area contributed by atoms with Crippen molar-refractivity contribution in [2.24, 2.45) is 0 Å². The minimum Gasteiger partial charge on any atom is -0.347 e. The van der Waals surface area contributed by atoms with Crippen LogP contribution in [0.2, 0.25) is 0 Å². The minimum atomic E-state index is 0.306. The average molecular weight is 297 g/mol. The molecular formula is C15H19N7. The van der Waals surface area contributed by atoms with Gasteiger partial charge in [-0.2, -0.15) is 0 Å². The van der Waals surface area contributed by atoms with Crippen LogP contribution in [0.5, 0.6) is 0 Å². The zero-order chi connectivity index (χ0) is 14.9. The topological polar surface area (TPSA) is 76.7 Å². The quantitative estimate of drug-likeness (QED) is 0.759. The van der Waals surface area contributed by atoms with E-state index in [0.29, 0.717) is 6.04 Å². The number of hydrogen-bond acceptors (Lipinski definition) is 5. The van der Waals surface area contributed by atoms with Crippen LogP contribution in [0.25, 0.3) is 11.2 Å². The number of imidazole rings is 1. The van der Waals surface area contributed by atoms with E-state index in [1.54, 1.807) is 12.4 Å². The summed E-state index contributed by atoms with van der Waals surface area (Å²) in [4.78, 5) is 24.4. The molecule has 0 aliphatic carbocycles. The fourth-order valence-corrected chi connectivity index (χ4v) is 3.09. The maximum atomic E-state index is 4.44. The summed E-state index contributed by atoms with van der Waals surface area (Å²) in [5, 5.41) is 0. The van der Waals surface area contributed by atoms with Crippen molar-refractivity contribution in [3.05, 3.63) is 42.4 Å². The first kappa shape index (κ1) is 13.4. The van der Waals surface area contributed by atoms with Crippen LogP contribution in [0, 0.1) is 0 Å². The Kier molecular flexibility index (Phi) is 3.36. The van der Waals surface area contributed by atoms with Gasteiger partial charge in [-0.15, -0.1) is 0 Å². The molecule has 3 aromatic heterocycles. The zero-order valence-electron chi connectivity index (χ0n) is 12.5. The average Bonchev–Trinajstić information content (AvgIpc) is 3.20. The molecule has 3 aromatic rings. The summed E-state index contributed by atoms with van der Waals surface area (Å²) in [6.45, 7) is 3.90. The van der Waals surface area contributed by atoms with Crippen LogP contribution in [0.1, 0.15) is 17.4 Å². The van der Waals surface area contributed by atoms with E-state index in [-0.39, 0.29) is 0 Å². The van der Waals surface area contributed by atoms with E-state index in [1.165, 1.54) is 5.56 Å². The van der Waals surface area contributed by atoms with Crippen molar-refractivity contribution >= 4 is 11.2 Å². The molecule has 1 saturated heterocycles. The van der Waals surface area contributed by atoms with Crippen LogP contribution in [0.4, 0.5) is 0 Å². The number of aromatic amines is 2. The summed E-state index contributed by atoms with van der Waals surface area (Å²) < 4.78 is 0. The van der Waals surface area contributed by atoms with Gasteiger partial charge in [-0.3, -0.25) is 14.8 Å².